The van der Waals surface area contributed by atoms with E-state index in [2.05, 4.69) is 15.4 Å². The lowest BCUT2D eigenvalue weighted by Gasteiger charge is -2.09. The minimum absolute atomic E-state index is 0.349. The van der Waals surface area contributed by atoms with Crippen molar-refractivity contribution in [1.29, 1.82) is 0 Å². The lowest BCUT2D eigenvalue weighted by atomic mass is 10.1. The lowest BCUT2D eigenvalue weighted by Crippen LogP contribution is -2.07. The number of nitrogens with one attached hydrogen (secondary N) is 1. The number of methoxy groups -OCH3 is 1. The molecule has 1 aliphatic rings. The molecule has 7 nitrogen and oxygen atoms in total. The molecule has 0 spiro atoms. The molecular formula is C22H21FN6O. The maximum Gasteiger partial charge on any atom is 0.225 e. The zero-order valence-electron chi connectivity index (χ0n) is 16.5. The summed E-state index contributed by atoms with van der Waals surface area (Å²) in [5, 5.41) is 8.49. The number of fused-ring (bicyclic) bond motifs is 1. The highest BCUT2D eigenvalue weighted by Gasteiger charge is 2.23. The minimum Gasteiger partial charge on any atom is -0.497 e. The first kappa shape index (κ1) is 18.4. The molecule has 0 aliphatic heterocycles. The highest BCUT2D eigenvalue weighted by Crippen LogP contribution is 2.35. The van der Waals surface area contributed by atoms with Gasteiger partial charge < -0.3 is 15.8 Å². The van der Waals surface area contributed by atoms with E-state index >= 15 is 0 Å². The maximum absolute atomic E-state index is 13.8. The second kappa shape index (κ2) is 7.29. The van der Waals surface area contributed by atoms with E-state index in [1.165, 1.54) is 29.7 Å². The van der Waals surface area contributed by atoms with Crippen molar-refractivity contribution in [2.45, 2.75) is 12.8 Å². The Morgan fingerprint density at radius 2 is 2.00 bits per heavy atom. The van der Waals surface area contributed by atoms with Crippen molar-refractivity contribution in [2.24, 2.45) is 5.92 Å². The minimum atomic E-state index is -0.364. The van der Waals surface area contributed by atoms with E-state index in [0.29, 0.717) is 45.8 Å². The molecule has 0 atom stereocenters. The lowest BCUT2D eigenvalue weighted by molar-refractivity contribution is 0.415. The molecule has 2 aromatic heterocycles. The van der Waals surface area contributed by atoms with Crippen LogP contribution in [-0.2, 0) is 0 Å². The fourth-order valence-electron chi connectivity index (χ4n) is 3.43. The number of nitrogens with zero attached hydrogens (tertiary/aromatic N) is 4. The van der Waals surface area contributed by atoms with Crippen molar-refractivity contribution >= 4 is 22.8 Å². The van der Waals surface area contributed by atoms with Crippen LogP contribution < -0.4 is 15.8 Å². The first-order valence-corrected chi connectivity index (χ1v) is 9.83. The molecule has 5 rings (SSSR count). The van der Waals surface area contributed by atoms with Gasteiger partial charge in [-0.25, -0.2) is 14.1 Å². The number of aromatic nitrogens is 4. The zero-order chi connectivity index (χ0) is 20.7. The fraction of sp³-hybridized carbons (Fsp3) is 0.227. The second-order valence-corrected chi connectivity index (χ2v) is 7.43. The molecule has 2 heterocycles. The Kier molecular flexibility index (Phi) is 4.46. The molecule has 0 amide bonds. The number of anilines is 2. The molecule has 0 unspecified atom stereocenters. The molecule has 1 saturated carbocycles. The number of rotatable bonds is 6. The van der Waals surface area contributed by atoms with Crippen LogP contribution in [0.25, 0.3) is 28.0 Å². The summed E-state index contributed by atoms with van der Waals surface area (Å²) in [6, 6.07) is 13.7. The van der Waals surface area contributed by atoms with Crippen molar-refractivity contribution < 1.29 is 9.13 Å². The van der Waals surface area contributed by atoms with Crippen molar-refractivity contribution in [3.8, 4) is 22.7 Å². The van der Waals surface area contributed by atoms with E-state index in [9.17, 15) is 4.39 Å². The van der Waals surface area contributed by atoms with Crippen LogP contribution in [-0.4, -0.2) is 33.4 Å². The van der Waals surface area contributed by atoms with Crippen LogP contribution in [0.3, 0.4) is 0 Å². The third-order valence-corrected chi connectivity index (χ3v) is 5.21. The van der Waals surface area contributed by atoms with E-state index < -0.39 is 0 Å². The molecule has 4 aromatic rings. The van der Waals surface area contributed by atoms with Crippen LogP contribution >= 0.6 is 0 Å². The molecule has 30 heavy (non-hydrogen) atoms. The van der Waals surface area contributed by atoms with Gasteiger partial charge in [-0.1, -0.05) is 18.2 Å². The van der Waals surface area contributed by atoms with Crippen molar-refractivity contribution in [3.05, 3.63) is 54.3 Å². The molecule has 152 valence electrons. The molecule has 0 radical (unpaired) electrons. The van der Waals surface area contributed by atoms with Crippen LogP contribution in [0.15, 0.2) is 48.5 Å². The Bertz CT molecular complexity index is 1230. The number of benzene rings is 2. The summed E-state index contributed by atoms with van der Waals surface area (Å²) in [6.45, 7) is 0.823. The van der Waals surface area contributed by atoms with Gasteiger partial charge in [-0.05, 0) is 49.1 Å². The number of nitrogens with two attached hydrogens (primary N) is 1. The normalized spacial score (nSPS) is 13.5. The van der Waals surface area contributed by atoms with Gasteiger partial charge in [-0.3, -0.25) is 0 Å². The van der Waals surface area contributed by atoms with Gasteiger partial charge in [0.05, 0.1) is 23.9 Å². The SMILES string of the molecule is COc1cccc(-c2nc(NCC3CC3)nc3nn(-c4cccc(F)c4)c(N)c23)c1. The smallest absolute Gasteiger partial charge is 0.225 e. The van der Waals surface area contributed by atoms with E-state index in [1.807, 2.05) is 24.3 Å². The van der Waals surface area contributed by atoms with Crippen LogP contribution in [0.1, 0.15) is 12.8 Å². The summed E-state index contributed by atoms with van der Waals surface area (Å²) in [6.07, 6.45) is 2.44. The van der Waals surface area contributed by atoms with Gasteiger partial charge in [0, 0.05) is 12.1 Å². The summed E-state index contributed by atoms with van der Waals surface area (Å²) < 4.78 is 20.6. The third-order valence-electron chi connectivity index (χ3n) is 5.21. The molecule has 1 aliphatic carbocycles. The van der Waals surface area contributed by atoms with Gasteiger partial charge in [-0.15, -0.1) is 5.10 Å². The van der Waals surface area contributed by atoms with E-state index in [1.54, 1.807) is 19.2 Å². The number of hydrogen-bond acceptors (Lipinski definition) is 6. The molecule has 3 N–H and O–H groups in total. The Morgan fingerprint density at radius 3 is 2.77 bits per heavy atom. The number of ether oxygens (including phenoxy) is 1. The molecule has 8 heteroatoms. The summed E-state index contributed by atoms with van der Waals surface area (Å²) >= 11 is 0. The van der Waals surface area contributed by atoms with Crippen molar-refractivity contribution in [1.82, 2.24) is 19.7 Å². The summed E-state index contributed by atoms with van der Waals surface area (Å²) in [5.41, 5.74) is 8.91. The van der Waals surface area contributed by atoms with Crippen LogP contribution in [0, 0.1) is 11.7 Å². The highest BCUT2D eigenvalue weighted by atomic mass is 19.1. The van der Waals surface area contributed by atoms with Crippen LogP contribution in [0.2, 0.25) is 0 Å². The van der Waals surface area contributed by atoms with E-state index in [4.69, 9.17) is 15.5 Å². The van der Waals surface area contributed by atoms with Crippen LogP contribution in [0.5, 0.6) is 5.75 Å². The van der Waals surface area contributed by atoms with Gasteiger partial charge in [0.15, 0.2) is 5.65 Å². The van der Waals surface area contributed by atoms with Crippen molar-refractivity contribution in [2.75, 3.05) is 24.7 Å². The van der Waals surface area contributed by atoms with Gasteiger partial charge in [0.25, 0.3) is 0 Å². The second-order valence-electron chi connectivity index (χ2n) is 7.43. The van der Waals surface area contributed by atoms with Gasteiger partial charge >= 0.3 is 0 Å². The Morgan fingerprint density at radius 1 is 1.17 bits per heavy atom. The standard InChI is InChI=1S/C22H21FN6O/c1-30-17-7-2-4-14(10-17)19-18-20(24)29(16-6-3-5-15(23)11-16)28-21(18)27-22(26-19)25-12-13-8-9-13/h2-7,10-11,13H,8-9,12,24H2,1H3,(H,25,27,28). The van der Waals surface area contributed by atoms with Gasteiger partial charge in [0.1, 0.15) is 17.4 Å². The van der Waals surface area contributed by atoms with Gasteiger partial charge in [-0.2, -0.15) is 4.98 Å². The third kappa shape index (κ3) is 3.41. The number of nitrogen functional groups attached to an aromatic ring is 1. The highest BCUT2D eigenvalue weighted by molar-refractivity contribution is 5.99. The van der Waals surface area contributed by atoms with E-state index in [0.717, 1.165) is 12.1 Å². The van der Waals surface area contributed by atoms with Crippen LogP contribution in [0.4, 0.5) is 16.2 Å². The van der Waals surface area contributed by atoms with Crippen molar-refractivity contribution in [3.63, 3.8) is 0 Å². The Hall–Kier alpha value is -3.68. The zero-order valence-corrected chi connectivity index (χ0v) is 16.5. The Labute approximate surface area is 172 Å². The molecule has 0 bridgehead atoms. The monoisotopic (exact) mass is 404 g/mol. The first-order valence-electron chi connectivity index (χ1n) is 9.83. The number of halogens is 1. The molecule has 1 fully saturated rings. The summed E-state index contributed by atoms with van der Waals surface area (Å²) in [7, 11) is 1.62. The summed E-state index contributed by atoms with van der Waals surface area (Å²) in [5.74, 6) is 1.86. The maximum atomic E-state index is 13.8. The average Bonchev–Trinajstić information content (AvgIpc) is 3.54. The fourth-order valence-corrected chi connectivity index (χ4v) is 3.43. The topological polar surface area (TPSA) is 90.9 Å². The average molecular weight is 404 g/mol. The van der Waals surface area contributed by atoms with E-state index in [-0.39, 0.29) is 5.82 Å². The number of hydrogen-bond donors (Lipinski definition) is 2. The predicted octanol–water partition coefficient (Wildman–Crippen LogP) is 4.03. The molecule has 0 saturated heterocycles. The first-order chi connectivity index (χ1) is 14.6. The summed E-state index contributed by atoms with van der Waals surface area (Å²) in [4.78, 5) is 9.32. The molecule has 2 aromatic carbocycles. The quantitative estimate of drug-likeness (QED) is 0.504. The molecular weight excluding hydrogens is 383 g/mol. The Balaban J connectivity index is 1.70. The van der Waals surface area contributed by atoms with Gasteiger partial charge in [0.2, 0.25) is 5.95 Å². The largest absolute Gasteiger partial charge is 0.497 e. The predicted molar refractivity (Wildman–Crippen MR) is 114 cm³/mol.